The van der Waals surface area contributed by atoms with Crippen molar-refractivity contribution in [2.45, 2.75) is 46.4 Å². The molecule has 8 nitrogen and oxygen atoms in total. The van der Waals surface area contributed by atoms with Crippen molar-refractivity contribution in [3.8, 4) is 17.2 Å². The van der Waals surface area contributed by atoms with E-state index in [-0.39, 0.29) is 24.9 Å². The van der Waals surface area contributed by atoms with E-state index in [1.165, 1.54) is 11.3 Å². The van der Waals surface area contributed by atoms with Gasteiger partial charge in [0.2, 0.25) is 0 Å². The standard InChI is InChI=1S/C38H35BrN2O6S/c1-6-45-37(43)33-23(4)40-38-41(34(33)29-16-9-10-17-30(29)47-22(2)3)36(42)32(48-38)19-26-18-27(39)20-31(44-5)35(26)46-21-25-14-11-13-24-12-7-8-15-28(24)25/h7-20,22,34H,6,21H2,1-5H3/b32-19-/t34-/m1/s1. The Labute approximate surface area is 290 Å². The highest BCUT2D eigenvalue weighted by Crippen LogP contribution is 2.38. The molecule has 1 aromatic heterocycles. The molecule has 1 aliphatic rings. The van der Waals surface area contributed by atoms with Gasteiger partial charge in [-0.3, -0.25) is 9.36 Å². The highest BCUT2D eigenvalue weighted by Gasteiger charge is 2.35. The zero-order valence-corrected chi connectivity index (χ0v) is 29.7. The number of hydrogen-bond donors (Lipinski definition) is 0. The average molecular weight is 728 g/mol. The zero-order valence-electron chi connectivity index (χ0n) is 27.3. The number of ether oxygens (including phenoxy) is 4. The van der Waals surface area contributed by atoms with Crippen LogP contribution in [0.4, 0.5) is 0 Å². The van der Waals surface area contributed by atoms with Crippen molar-refractivity contribution < 1.29 is 23.7 Å². The fourth-order valence-corrected chi connectivity index (χ4v) is 7.36. The molecule has 1 atom stereocenters. The van der Waals surface area contributed by atoms with Crippen LogP contribution in [-0.4, -0.2) is 30.4 Å². The molecule has 0 saturated carbocycles. The molecule has 0 amide bonds. The molecule has 2 heterocycles. The number of hydrogen-bond acceptors (Lipinski definition) is 8. The van der Waals surface area contributed by atoms with Crippen LogP contribution in [0.25, 0.3) is 16.8 Å². The smallest absolute Gasteiger partial charge is 0.338 e. The summed E-state index contributed by atoms with van der Waals surface area (Å²) in [5, 5.41) is 2.22. The number of rotatable bonds is 10. The Morgan fingerprint density at radius 2 is 1.79 bits per heavy atom. The summed E-state index contributed by atoms with van der Waals surface area (Å²) in [4.78, 5) is 33.1. The number of halogens is 1. The molecule has 0 N–H and O–H groups in total. The zero-order chi connectivity index (χ0) is 33.9. The summed E-state index contributed by atoms with van der Waals surface area (Å²) in [6, 6.07) is 24.6. The third-order valence-corrected chi connectivity index (χ3v) is 9.34. The van der Waals surface area contributed by atoms with Crippen LogP contribution >= 0.6 is 27.3 Å². The lowest BCUT2D eigenvalue weighted by Gasteiger charge is -2.26. The Bertz CT molecular complexity index is 2230. The molecule has 0 saturated heterocycles. The lowest BCUT2D eigenvalue weighted by molar-refractivity contribution is -0.139. The van der Waals surface area contributed by atoms with Gasteiger partial charge >= 0.3 is 5.97 Å². The van der Waals surface area contributed by atoms with Crippen molar-refractivity contribution in [1.82, 2.24) is 4.57 Å². The number of allylic oxidation sites excluding steroid dienone is 1. The number of para-hydroxylation sites is 1. The SMILES string of the molecule is CCOC(=O)C1=C(C)N=c2s/c(=C\c3cc(Br)cc(OC)c3OCc3cccc4ccccc34)c(=O)n2[C@@H]1c1ccccc1OC(C)C. The minimum atomic E-state index is -0.809. The summed E-state index contributed by atoms with van der Waals surface area (Å²) in [6.07, 6.45) is 1.66. The number of fused-ring (bicyclic) bond motifs is 2. The maximum absolute atomic E-state index is 14.4. The number of esters is 1. The van der Waals surface area contributed by atoms with Crippen LogP contribution in [0, 0.1) is 0 Å². The molecule has 0 bridgehead atoms. The molecule has 0 unspecified atom stereocenters. The lowest BCUT2D eigenvalue weighted by atomic mass is 9.95. The van der Waals surface area contributed by atoms with Gasteiger partial charge in [0.1, 0.15) is 18.4 Å². The summed E-state index contributed by atoms with van der Waals surface area (Å²) in [6.45, 7) is 7.85. The van der Waals surface area contributed by atoms with Gasteiger partial charge in [-0.1, -0.05) is 87.9 Å². The van der Waals surface area contributed by atoms with E-state index in [1.807, 2.05) is 74.5 Å². The molecular formula is C38H35BrN2O6S. The third kappa shape index (κ3) is 6.55. The third-order valence-electron chi connectivity index (χ3n) is 7.90. The van der Waals surface area contributed by atoms with Crippen molar-refractivity contribution in [2.75, 3.05) is 13.7 Å². The molecule has 10 heteroatoms. The van der Waals surface area contributed by atoms with Crippen molar-refractivity contribution in [1.29, 1.82) is 0 Å². The Kier molecular flexibility index (Phi) is 9.84. The van der Waals surface area contributed by atoms with E-state index < -0.39 is 12.0 Å². The maximum Gasteiger partial charge on any atom is 0.338 e. The largest absolute Gasteiger partial charge is 0.493 e. The molecule has 0 aliphatic carbocycles. The first kappa shape index (κ1) is 33.2. The van der Waals surface area contributed by atoms with Gasteiger partial charge in [-0.15, -0.1) is 0 Å². The van der Waals surface area contributed by atoms with Crippen LogP contribution in [0.15, 0.2) is 104 Å². The van der Waals surface area contributed by atoms with Crippen molar-refractivity contribution in [3.05, 3.63) is 131 Å². The number of aromatic nitrogens is 1. The van der Waals surface area contributed by atoms with Crippen molar-refractivity contribution >= 4 is 50.1 Å². The molecule has 6 rings (SSSR count). The molecular weight excluding hydrogens is 692 g/mol. The van der Waals surface area contributed by atoms with E-state index >= 15 is 0 Å². The van der Waals surface area contributed by atoms with E-state index in [0.717, 1.165) is 20.8 Å². The molecule has 1 aliphatic heterocycles. The normalized spacial score (nSPS) is 14.6. The Morgan fingerprint density at radius 1 is 1.04 bits per heavy atom. The molecule has 246 valence electrons. The van der Waals surface area contributed by atoms with Gasteiger partial charge in [-0.05, 0) is 68.3 Å². The topological polar surface area (TPSA) is 88.4 Å². The average Bonchev–Trinajstić information content (AvgIpc) is 3.37. The van der Waals surface area contributed by atoms with E-state index in [0.29, 0.717) is 49.0 Å². The second kappa shape index (κ2) is 14.2. The lowest BCUT2D eigenvalue weighted by Crippen LogP contribution is -2.40. The van der Waals surface area contributed by atoms with Gasteiger partial charge in [0.15, 0.2) is 16.3 Å². The quantitative estimate of drug-likeness (QED) is 0.143. The predicted molar refractivity (Wildman–Crippen MR) is 192 cm³/mol. The minimum absolute atomic E-state index is 0.128. The summed E-state index contributed by atoms with van der Waals surface area (Å²) in [5.74, 6) is 1.06. The van der Waals surface area contributed by atoms with Crippen LogP contribution in [0.3, 0.4) is 0 Å². The van der Waals surface area contributed by atoms with E-state index in [4.69, 9.17) is 23.9 Å². The molecule has 0 spiro atoms. The first-order valence-electron chi connectivity index (χ1n) is 15.6. The Balaban J connectivity index is 1.50. The molecule has 0 radical (unpaired) electrons. The summed E-state index contributed by atoms with van der Waals surface area (Å²) >= 11 is 4.83. The van der Waals surface area contributed by atoms with Crippen molar-refractivity contribution in [2.24, 2.45) is 4.99 Å². The maximum atomic E-state index is 14.4. The first-order chi connectivity index (χ1) is 23.2. The number of benzene rings is 4. The van der Waals surface area contributed by atoms with E-state index in [2.05, 4.69) is 34.1 Å². The first-order valence-corrected chi connectivity index (χ1v) is 17.2. The van der Waals surface area contributed by atoms with Crippen LogP contribution in [-0.2, 0) is 16.1 Å². The molecule has 4 aromatic carbocycles. The number of thiazole rings is 1. The van der Waals surface area contributed by atoms with Gasteiger partial charge in [0, 0.05) is 15.6 Å². The number of nitrogens with zero attached hydrogens (tertiary/aromatic N) is 2. The highest BCUT2D eigenvalue weighted by atomic mass is 79.9. The predicted octanol–water partition coefficient (Wildman–Crippen LogP) is 7.09. The summed E-state index contributed by atoms with van der Waals surface area (Å²) in [7, 11) is 1.58. The van der Waals surface area contributed by atoms with Crippen molar-refractivity contribution in [3.63, 3.8) is 0 Å². The van der Waals surface area contributed by atoms with Gasteiger partial charge < -0.3 is 18.9 Å². The summed E-state index contributed by atoms with van der Waals surface area (Å²) in [5.41, 5.74) is 2.80. The minimum Gasteiger partial charge on any atom is -0.493 e. The second-order valence-electron chi connectivity index (χ2n) is 11.5. The van der Waals surface area contributed by atoms with E-state index in [9.17, 15) is 9.59 Å². The number of carbonyl (C=O) groups excluding carboxylic acids is 1. The molecule has 48 heavy (non-hydrogen) atoms. The van der Waals surface area contributed by atoms with Crippen LogP contribution in [0.5, 0.6) is 17.2 Å². The monoisotopic (exact) mass is 726 g/mol. The van der Waals surface area contributed by atoms with Gasteiger partial charge in [-0.25, -0.2) is 9.79 Å². The van der Waals surface area contributed by atoms with Crippen LogP contribution < -0.4 is 29.1 Å². The molecule has 5 aromatic rings. The number of methoxy groups -OCH3 is 1. The van der Waals surface area contributed by atoms with E-state index in [1.54, 1.807) is 31.6 Å². The molecule has 0 fully saturated rings. The Morgan fingerprint density at radius 3 is 2.56 bits per heavy atom. The second-order valence-corrected chi connectivity index (χ2v) is 13.4. The number of carbonyl (C=O) groups is 1. The van der Waals surface area contributed by atoms with Gasteiger partial charge in [0.25, 0.3) is 5.56 Å². The highest BCUT2D eigenvalue weighted by molar-refractivity contribution is 9.10. The fourth-order valence-electron chi connectivity index (χ4n) is 5.87. The summed E-state index contributed by atoms with van der Waals surface area (Å²) < 4.78 is 26.6. The fraction of sp³-hybridized carbons (Fsp3) is 0.237. The Hall–Kier alpha value is -4.67. The van der Waals surface area contributed by atoms with Gasteiger partial charge in [0.05, 0.1) is 35.6 Å². The van der Waals surface area contributed by atoms with Crippen LogP contribution in [0.1, 0.15) is 50.4 Å². The van der Waals surface area contributed by atoms with Gasteiger partial charge in [-0.2, -0.15) is 0 Å². The van der Waals surface area contributed by atoms with Crippen LogP contribution in [0.2, 0.25) is 0 Å².